The summed E-state index contributed by atoms with van der Waals surface area (Å²) in [6.07, 6.45) is 11.6. The Bertz CT molecular complexity index is 1220. The first kappa shape index (κ1) is 29.3. The minimum Gasteiger partial charge on any atom is -0.462 e. The first-order valence-electron chi connectivity index (χ1n) is 15.1. The number of sulfonamides is 1. The Balaban J connectivity index is 1.56. The molecule has 0 amide bonds. The largest absolute Gasteiger partial charge is 0.462 e. The molecule has 9 atom stereocenters. The van der Waals surface area contributed by atoms with Gasteiger partial charge in [-0.15, -0.1) is 0 Å². The van der Waals surface area contributed by atoms with E-state index in [4.69, 9.17) is 4.74 Å². The maximum absolute atomic E-state index is 14.5. The van der Waals surface area contributed by atoms with Crippen LogP contribution in [-0.4, -0.2) is 38.1 Å². The molecule has 0 spiro atoms. The second kappa shape index (κ2) is 8.65. The standard InChI is InChI=1S/C32H51NO5S/c1-20(34)38-25-11-12-30(6)24(27(25,2)3)10-13-32(8)26(30)23(35)18-21-22-19-29(5,33-39(9,36)37)16-14-28(22,4)15-17-31(21,32)7/h18,22,24-26,33H,10-17,19H2,1-9H3/t22-,24?,25-,26+,28+,29+,30-,31+,32+/m0/s1. The van der Waals surface area contributed by atoms with Crippen molar-refractivity contribution in [1.29, 1.82) is 0 Å². The molecule has 0 aromatic rings. The first-order valence-corrected chi connectivity index (χ1v) is 17.0. The predicted octanol–water partition coefficient (Wildman–Crippen LogP) is 6.20. The van der Waals surface area contributed by atoms with E-state index in [1.54, 1.807) is 0 Å². The second-order valence-corrected chi connectivity index (χ2v) is 17.8. The van der Waals surface area contributed by atoms with Crippen LogP contribution >= 0.6 is 0 Å². The van der Waals surface area contributed by atoms with Gasteiger partial charge < -0.3 is 4.74 Å². The minimum atomic E-state index is -3.34. The highest BCUT2D eigenvalue weighted by Crippen LogP contribution is 2.74. The molecule has 0 bridgehead atoms. The topological polar surface area (TPSA) is 89.5 Å². The summed E-state index contributed by atoms with van der Waals surface area (Å²) in [5.74, 6) is 0.471. The fourth-order valence-corrected chi connectivity index (χ4v) is 12.2. The number of hydrogen-bond acceptors (Lipinski definition) is 5. The summed E-state index contributed by atoms with van der Waals surface area (Å²) >= 11 is 0. The quantitative estimate of drug-likeness (QED) is 0.415. The van der Waals surface area contributed by atoms with Crippen LogP contribution in [0.15, 0.2) is 11.6 Å². The molecule has 1 unspecified atom stereocenters. The van der Waals surface area contributed by atoms with Crippen LogP contribution in [0.3, 0.4) is 0 Å². The number of hydrogen-bond donors (Lipinski definition) is 1. The number of fused-ring (bicyclic) bond motifs is 7. The number of ketones is 1. The fraction of sp³-hybridized carbons (Fsp3) is 0.875. The van der Waals surface area contributed by atoms with Gasteiger partial charge in [-0.1, -0.05) is 47.1 Å². The molecule has 0 radical (unpaired) electrons. The van der Waals surface area contributed by atoms with Crippen molar-refractivity contribution in [3.63, 3.8) is 0 Å². The van der Waals surface area contributed by atoms with E-state index in [1.807, 2.05) is 13.0 Å². The Morgan fingerprint density at radius 2 is 1.59 bits per heavy atom. The van der Waals surface area contributed by atoms with Gasteiger partial charge in [0, 0.05) is 23.8 Å². The third kappa shape index (κ3) is 4.21. The van der Waals surface area contributed by atoms with Crippen LogP contribution < -0.4 is 4.72 Å². The number of carbonyl (C=O) groups is 2. The molecule has 6 nitrogen and oxygen atoms in total. The van der Waals surface area contributed by atoms with E-state index < -0.39 is 15.6 Å². The van der Waals surface area contributed by atoms with Gasteiger partial charge in [-0.3, -0.25) is 9.59 Å². The SMILES string of the molecule is CC(=O)O[C@H]1CC[C@@]2(C)C(CC[C@]3(C)[C@@H]2C(=O)C=C2[C@@H]4C[C@](C)(NS(C)(=O)=O)CC[C@]4(C)CC[C@]23C)C1(C)C. The zero-order valence-electron chi connectivity index (χ0n) is 25.7. The normalized spacial score (nSPS) is 49.1. The van der Waals surface area contributed by atoms with Gasteiger partial charge in [-0.05, 0) is 104 Å². The smallest absolute Gasteiger partial charge is 0.302 e. The Morgan fingerprint density at radius 3 is 2.21 bits per heavy atom. The van der Waals surface area contributed by atoms with E-state index in [0.717, 1.165) is 57.8 Å². The molecule has 5 aliphatic rings. The van der Waals surface area contributed by atoms with Crippen molar-refractivity contribution in [3.8, 4) is 0 Å². The number of rotatable bonds is 3. The highest BCUT2D eigenvalue weighted by molar-refractivity contribution is 7.88. The van der Waals surface area contributed by atoms with E-state index >= 15 is 0 Å². The molecule has 0 aromatic carbocycles. The van der Waals surface area contributed by atoms with Crippen LogP contribution in [0.5, 0.6) is 0 Å². The molecule has 0 aromatic heterocycles. The average molecular weight is 562 g/mol. The van der Waals surface area contributed by atoms with Gasteiger partial charge in [0.25, 0.3) is 0 Å². The lowest BCUT2D eigenvalue weighted by molar-refractivity contribution is -0.210. The molecule has 5 rings (SSSR count). The van der Waals surface area contributed by atoms with E-state index in [1.165, 1.54) is 18.8 Å². The summed E-state index contributed by atoms with van der Waals surface area (Å²) in [6, 6.07) is 0. The van der Waals surface area contributed by atoms with Crippen LogP contribution in [0.1, 0.15) is 113 Å². The second-order valence-electron chi connectivity index (χ2n) is 16.1. The summed E-state index contributed by atoms with van der Waals surface area (Å²) in [7, 11) is -3.34. The molecule has 0 aliphatic heterocycles. The van der Waals surface area contributed by atoms with Crippen LogP contribution in [0.2, 0.25) is 0 Å². The van der Waals surface area contributed by atoms with E-state index in [9.17, 15) is 18.0 Å². The molecule has 39 heavy (non-hydrogen) atoms. The van der Waals surface area contributed by atoms with E-state index in [2.05, 4.69) is 46.3 Å². The van der Waals surface area contributed by atoms with Gasteiger partial charge in [-0.25, -0.2) is 13.1 Å². The fourth-order valence-electron chi connectivity index (χ4n) is 11.1. The summed E-state index contributed by atoms with van der Waals surface area (Å²) in [5.41, 5.74) is 0.246. The molecule has 4 fully saturated rings. The molecule has 0 heterocycles. The van der Waals surface area contributed by atoms with Crippen molar-refractivity contribution >= 4 is 21.8 Å². The van der Waals surface area contributed by atoms with Crippen molar-refractivity contribution in [1.82, 2.24) is 4.72 Å². The Labute approximate surface area is 236 Å². The summed E-state index contributed by atoms with van der Waals surface area (Å²) in [6.45, 7) is 17.6. The van der Waals surface area contributed by atoms with E-state index in [0.29, 0.717) is 5.92 Å². The summed E-state index contributed by atoms with van der Waals surface area (Å²) in [4.78, 5) is 26.4. The molecule has 7 heteroatoms. The van der Waals surface area contributed by atoms with Crippen LogP contribution in [0.25, 0.3) is 0 Å². The third-order valence-electron chi connectivity index (χ3n) is 13.3. The zero-order chi connectivity index (χ0) is 29.0. The van der Waals surface area contributed by atoms with Crippen LogP contribution in [0.4, 0.5) is 0 Å². The lowest BCUT2D eigenvalue weighted by Crippen LogP contribution is -2.67. The molecule has 5 aliphatic carbocycles. The number of nitrogens with one attached hydrogen (secondary N) is 1. The molecule has 220 valence electrons. The number of allylic oxidation sites excluding steroid dienone is 2. The van der Waals surface area contributed by atoms with Crippen molar-refractivity contribution in [3.05, 3.63) is 11.6 Å². The molecule has 1 N–H and O–H groups in total. The highest BCUT2D eigenvalue weighted by Gasteiger charge is 2.70. The third-order valence-corrected chi connectivity index (χ3v) is 14.1. The Kier molecular flexibility index (Phi) is 6.50. The summed E-state index contributed by atoms with van der Waals surface area (Å²) in [5, 5.41) is 0. The van der Waals surface area contributed by atoms with Gasteiger partial charge in [0.05, 0.1) is 6.26 Å². The number of carbonyl (C=O) groups excluding carboxylic acids is 2. The molecular weight excluding hydrogens is 510 g/mol. The molecule has 4 saturated carbocycles. The minimum absolute atomic E-state index is 0.0662. The number of ether oxygens (including phenoxy) is 1. The van der Waals surface area contributed by atoms with Crippen molar-refractivity contribution in [2.24, 2.45) is 44.8 Å². The monoisotopic (exact) mass is 561 g/mol. The van der Waals surface area contributed by atoms with Gasteiger partial charge in [-0.2, -0.15) is 0 Å². The van der Waals surface area contributed by atoms with Crippen molar-refractivity contribution < 1.29 is 22.7 Å². The van der Waals surface area contributed by atoms with E-state index in [-0.39, 0.29) is 56.8 Å². The average Bonchev–Trinajstić information content (AvgIpc) is 2.77. The molecular formula is C32H51NO5S. The van der Waals surface area contributed by atoms with Crippen LogP contribution in [-0.2, 0) is 24.3 Å². The lowest BCUT2D eigenvalue weighted by atomic mass is 9.33. The van der Waals surface area contributed by atoms with Gasteiger partial charge in [0.1, 0.15) is 6.10 Å². The maximum Gasteiger partial charge on any atom is 0.302 e. The maximum atomic E-state index is 14.5. The Morgan fingerprint density at radius 1 is 0.949 bits per heavy atom. The van der Waals surface area contributed by atoms with Gasteiger partial charge in [0.2, 0.25) is 10.0 Å². The highest BCUT2D eigenvalue weighted by atomic mass is 32.2. The summed E-state index contributed by atoms with van der Waals surface area (Å²) < 4.78 is 33.4. The Hall–Kier alpha value is -1.21. The molecule has 0 saturated heterocycles. The van der Waals surface area contributed by atoms with Crippen molar-refractivity contribution in [2.45, 2.75) is 125 Å². The van der Waals surface area contributed by atoms with Gasteiger partial charge in [0.15, 0.2) is 5.78 Å². The van der Waals surface area contributed by atoms with Crippen LogP contribution in [0, 0.1) is 44.8 Å². The first-order chi connectivity index (χ1) is 17.7. The lowest BCUT2D eigenvalue weighted by Gasteiger charge is -2.70. The predicted molar refractivity (Wildman–Crippen MR) is 153 cm³/mol. The van der Waals surface area contributed by atoms with Crippen molar-refractivity contribution in [2.75, 3.05) is 6.26 Å². The van der Waals surface area contributed by atoms with Gasteiger partial charge >= 0.3 is 5.97 Å². The number of esters is 1. The zero-order valence-corrected chi connectivity index (χ0v) is 26.5.